The van der Waals surface area contributed by atoms with Crippen molar-refractivity contribution < 1.29 is 0 Å². The van der Waals surface area contributed by atoms with Gasteiger partial charge in [0.15, 0.2) is 0 Å². The van der Waals surface area contributed by atoms with Crippen LogP contribution in [0, 0.1) is 0 Å². The van der Waals surface area contributed by atoms with Crippen molar-refractivity contribution in [1.82, 2.24) is 10.2 Å². The third-order valence-electron chi connectivity index (χ3n) is 3.14. The molecule has 1 aliphatic heterocycles. The van der Waals surface area contributed by atoms with Crippen molar-refractivity contribution >= 4 is 5.69 Å². The zero-order chi connectivity index (χ0) is 12.1. The lowest BCUT2D eigenvalue weighted by Gasteiger charge is -2.14. The molecule has 0 amide bonds. The van der Waals surface area contributed by atoms with Crippen LogP contribution in [0.2, 0.25) is 0 Å². The van der Waals surface area contributed by atoms with Gasteiger partial charge in [0.25, 0.3) is 0 Å². The summed E-state index contributed by atoms with van der Waals surface area (Å²) in [5.41, 5.74) is 2.59. The van der Waals surface area contributed by atoms with E-state index in [-0.39, 0.29) is 0 Å². The van der Waals surface area contributed by atoms with E-state index in [2.05, 4.69) is 53.9 Å². The Labute approximate surface area is 104 Å². The van der Waals surface area contributed by atoms with Gasteiger partial charge < -0.3 is 15.5 Å². The molecular formula is C14H23N3. The minimum absolute atomic E-state index is 0.646. The van der Waals surface area contributed by atoms with Crippen LogP contribution in [0.15, 0.2) is 24.3 Å². The molecule has 94 valence electrons. The van der Waals surface area contributed by atoms with Crippen molar-refractivity contribution in [3.8, 4) is 0 Å². The maximum atomic E-state index is 3.52. The molecule has 1 aliphatic rings. The van der Waals surface area contributed by atoms with Gasteiger partial charge in [0, 0.05) is 24.8 Å². The number of benzene rings is 1. The summed E-state index contributed by atoms with van der Waals surface area (Å²) in [4.78, 5) is 2.19. The highest BCUT2D eigenvalue weighted by atomic mass is 15.0. The van der Waals surface area contributed by atoms with E-state index in [1.165, 1.54) is 30.6 Å². The van der Waals surface area contributed by atoms with Gasteiger partial charge in [-0.25, -0.2) is 0 Å². The Morgan fingerprint density at radius 2 is 2.29 bits per heavy atom. The summed E-state index contributed by atoms with van der Waals surface area (Å²) in [5.74, 6) is 0. The Morgan fingerprint density at radius 1 is 1.41 bits per heavy atom. The van der Waals surface area contributed by atoms with E-state index < -0.39 is 0 Å². The molecule has 0 radical (unpaired) electrons. The summed E-state index contributed by atoms with van der Waals surface area (Å²) in [5, 5.41) is 7.02. The predicted octanol–water partition coefficient (Wildman–Crippen LogP) is 1.91. The van der Waals surface area contributed by atoms with Gasteiger partial charge in [0.2, 0.25) is 0 Å². The molecule has 2 N–H and O–H groups in total. The van der Waals surface area contributed by atoms with Crippen LogP contribution in [0.5, 0.6) is 0 Å². The first-order valence-corrected chi connectivity index (χ1v) is 6.45. The van der Waals surface area contributed by atoms with Crippen molar-refractivity contribution in [1.29, 1.82) is 0 Å². The molecule has 0 saturated carbocycles. The summed E-state index contributed by atoms with van der Waals surface area (Å²) in [6, 6.07) is 9.35. The molecule has 1 aromatic rings. The largest absolute Gasteiger partial charge is 0.383 e. The van der Waals surface area contributed by atoms with Crippen LogP contribution in [0.25, 0.3) is 0 Å². The van der Waals surface area contributed by atoms with Crippen LogP contribution in [0.3, 0.4) is 0 Å². The summed E-state index contributed by atoms with van der Waals surface area (Å²) in [7, 11) is 4.20. The Balaban J connectivity index is 1.86. The van der Waals surface area contributed by atoms with Crippen molar-refractivity contribution in [2.75, 3.05) is 32.5 Å². The van der Waals surface area contributed by atoms with Gasteiger partial charge in [0.1, 0.15) is 0 Å². The van der Waals surface area contributed by atoms with Gasteiger partial charge in [-0.15, -0.1) is 0 Å². The monoisotopic (exact) mass is 233 g/mol. The van der Waals surface area contributed by atoms with Gasteiger partial charge in [0.05, 0.1) is 0 Å². The molecule has 0 bridgehead atoms. The molecule has 2 rings (SSSR count). The summed E-state index contributed by atoms with van der Waals surface area (Å²) in [6.45, 7) is 3.20. The average Bonchev–Trinajstić information content (AvgIpc) is 2.79. The number of hydrogen-bond donors (Lipinski definition) is 2. The highest BCUT2D eigenvalue weighted by Gasteiger charge is 2.12. The van der Waals surface area contributed by atoms with E-state index in [0.29, 0.717) is 6.04 Å². The fraction of sp³-hybridized carbons (Fsp3) is 0.571. The van der Waals surface area contributed by atoms with E-state index in [9.17, 15) is 0 Å². The smallest absolute Gasteiger partial charge is 0.0343 e. The van der Waals surface area contributed by atoms with E-state index in [1.807, 2.05) is 0 Å². The van der Waals surface area contributed by atoms with Crippen molar-refractivity contribution in [2.45, 2.75) is 25.4 Å². The molecular weight excluding hydrogens is 210 g/mol. The highest BCUT2D eigenvalue weighted by molar-refractivity contribution is 5.45. The van der Waals surface area contributed by atoms with Crippen LogP contribution < -0.4 is 10.6 Å². The second-order valence-electron chi connectivity index (χ2n) is 5.11. The Hall–Kier alpha value is -1.06. The van der Waals surface area contributed by atoms with E-state index >= 15 is 0 Å². The number of nitrogens with one attached hydrogen (secondary N) is 2. The summed E-state index contributed by atoms with van der Waals surface area (Å²) < 4.78 is 0. The van der Waals surface area contributed by atoms with Gasteiger partial charge >= 0.3 is 0 Å². The molecule has 17 heavy (non-hydrogen) atoms. The van der Waals surface area contributed by atoms with Crippen molar-refractivity contribution in [2.24, 2.45) is 0 Å². The fourth-order valence-corrected chi connectivity index (χ4v) is 2.32. The molecule has 1 unspecified atom stereocenters. The fourth-order valence-electron chi connectivity index (χ4n) is 2.32. The van der Waals surface area contributed by atoms with Gasteiger partial charge in [-0.1, -0.05) is 12.1 Å². The molecule has 3 heteroatoms. The van der Waals surface area contributed by atoms with Crippen molar-refractivity contribution in [3.63, 3.8) is 0 Å². The average molecular weight is 233 g/mol. The van der Waals surface area contributed by atoms with E-state index in [0.717, 1.165) is 13.1 Å². The molecule has 1 fully saturated rings. The van der Waals surface area contributed by atoms with E-state index in [1.54, 1.807) is 0 Å². The first kappa shape index (κ1) is 12.4. The quantitative estimate of drug-likeness (QED) is 0.813. The Bertz CT molecular complexity index is 343. The molecule has 1 heterocycles. The van der Waals surface area contributed by atoms with Crippen LogP contribution >= 0.6 is 0 Å². The number of hydrogen-bond acceptors (Lipinski definition) is 3. The molecule has 0 aliphatic carbocycles. The first-order chi connectivity index (χ1) is 8.24. The van der Waals surface area contributed by atoms with Gasteiger partial charge in [-0.05, 0) is 51.2 Å². The maximum absolute atomic E-state index is 3.52. The molecule has 1 aromatic carbocycles. The van der Waals surface area contributed by atoms with Crippen LogP contribution in [-0.2, 0) is 6.54 Å². The lowest BCUT2D eigenvalue weighted by molar-refractivity contribution is 0.402. The van der Waals surface area contributed by atoms with Crippen LogP contribution in [-0.4, -0.2) is 38.1 Å². The maximum Gasteiger partial charge on any atom is 0.0343 e. The van der Waals surface area contributed by atoms with Gasteiger partial charge in [-0.2, -0.15) is 0 Å². The minimum Gasteiger partial charge on any atom is -0.383 e. The molecule has 3 nitrogen and oxygen atoms in total. The molecule has 0 spiro atoms. The Kier molecular flexibility index (Phi) is 4.40. The van der Waals surface area contributed by atoms with E-state index in [4.69, 9.17) is 0 Å². The second kappa shape index (κ2) is 6.03. The number of nitrogens with zero attached hydrogens (tertiary/aromatic N) is 1. The first-order valence-electron chi connectivity index (χ1n) is 6.45. The second-order valence-corrected chi connectivity index (χ2v) is 5.11. The zero-order valence-corrected chi connectivity index (χ0v) is 10.9. The van der Waals surface area contributed by atoms with Crippen molar-refractivity contribution in [3.05, 3.63) is 29.8 Å². The Morgan fingerprint density at radius 3 is 3.00 bits per heavy atom. The van der Waals surface area contributed by atoms with Crippen LogP contribution in [0.4, 0.5) is 5.69 Å². The summed E-state index contributed by atoms with van der Waals surface area (Å²) >= 11 is 0. The third-order valence-corrected chi connectivity index (χ3v) is 3.14. The highest BCUT2D eigenvalue weighted by Crippen LogP contribution is 2.13. The number of anilines is 1. The molecule has 1 saturated heterocycles. The minimum atomic E-state index is 0.646. The normalized spacial score (nSPS) is 19.8. The number of rotatable bonds is 5. The topological polar surface area (TPSA) is 27.3 Å². The standard InChI is InChI=1S/C14H23N3/c1-17(2)11-12-5-3-6-13(9-12)16-10-14-7-4-8-15-14/h3,5-6,9,14-16H,4,7-8,10-11H2,1-2H3. The molecule has 1 atom stereocenters. The third kappa shape index (κ3) is 4.02. The van der Waals surface area contributed by atoms with Crippen LogP contribution in [0.1, 0.15) is 18.4 Å². The SMILES string of the molecule is CN(C)Cc1cccc(NCC2CCCN2)c1. The predicted molar refractivity (Wildman–Crippen MR) is 73.3 cm³/mol. The summed E-state index contributed by atoms with van der Waals surface area (Å²) in [6.07, 6.45) is 2.61. The van der Waals surface area contributed by atoms with Gasteiger partial charge in [-0.3, -0.25) is 0 Å². The lowest BCUT2D eigenvalue weighted by atomic mass is 10.2. The lowest BCUT2D eigenvalue weighted by Crippen LogP contribution is -2.29. The molecule has 0 aromatic heterocycles. The zero-order valence-electron chi connectivity index (χ0n) is 10.9.